The predicted octanol–water partition coefficient (Wildman–Crippen LogP) is 7.21. The Labute approximate surface area is 161 Å². The number of rotatable bonds is 4. The highest BCUT2D eigenvalue weighted by Gasteiger charge is 2.13. The first-order chi connectivity index (χ1) is 12.1. The van der Waals surface area contributed by atoms with Gasteiger partial charge >= 0.3 is 0 Å². The molecule has 3 aromatic carbocycles. The lowest BCUT2D eigenvalue weighted by atomic mass is 10.0. The molecule has 0 spiro atoms. The lowest BCUT2D eigenvalue weighted by Crippen LogP contribution is -1.96. The first-order valence-corrected chi connectivity index (χ1v) is 8.71. The van der Waals surface area contributed by atoms with Crippen molar-refractivity contribution in [3.8, 4) is 11.1 Å². The number of halogens is 3. The number of benzene rings is 3. The Morgan fingerprint density at radius 3 is 2.04 bits per heavy atom. The largest absolute Gasteiger partial charge is 0.289 e. The van der Waals surface area contributed by atoms with Gasteiger partial charge in [0.1, 0.15) is 0 Å². The van der Waals surface area contributed by atoms with E-state index in [2.05, 4.69) is 12.1 Å². The molecule has 0 saturated carbocycles. The summed E-state index contributed by atoms with van der Waals surface area (Å²) >= 11 is 18.0. The minimum atomic E-state index is -0.226. The Morgan fingerprint density at radius 2 is 1.36 bits per heavy atom. The van der Waals surface area contributed by atoms with E-state index in [9.17, 15) is 4.79 Å². The van der Waals surface area contributed by atoms with E-state index < -0.39 is 0 Å². The van der Waals surface area contributed by atoms with E-state index in [-0.39, 0.29) is 15.8 Å². The third kappa shape index (κ3) is 4.13. The van der Waals surface area contributed by atoms with Crippen molar-refractivity contribution in [2.24, 2.45) is 0 Å². The maximum Gasteiger partial charge on any atom is 0.187 e. The van der Waals surface area contributed by atoms with Crippen molar-refractivity contribution in [1.82, 2.24) is 0 Å². The molecule has 1 nitrogen and oxygen atoms in total. The number of ketones is 1. The average molecular weight is 388 g/mol. The normalized spacial score (nSPS) is 11.0. The molecule has 0 fully saturated rings. The Bertz CT molecular complexity index is 929. The highest BCUT2D eigenvalue weighted by molar-refractivity contribution is 6.49. The molecule has 0 unspecified atom stereocenters. The number of carbonyl (C=O) groups is 1. The van der Waals surface area contributed by atoms with E-state index >= 15 is 0 Å². The molecule has 0 bridgehead atoms. The smallest absolute Gasteiger partial charge is 0.187 e. The van der Waals surface area contributed by atoms with Gasteiger partial charge in [0.15, 0.2) is 5.78 Å². The molecule has 0 amide bonds. The van der Waals surface area contributed by atoms with E-state index in [1.807, 2.05) is 42.5 Å². The summed E-state index contributed by atoms with van der Waals surface area (Å²) < 4.78 is 0. The first-order valence-electron chi connectivity index (χ1n) is 7.57. The SMILES string of the molecule is O=C(/C=C/c1ccc(-c2ccccc2)cc1)c1ccc(Cl)c(Cl)c1Cl. The van der Waals surface area contributed by atoms with Crippen LogP contribution in [0, 0.1) is 0 Å². The average Bonchev–Trinajstić information content (AvgIpc) is 2.65. The van der Waals surface area contributed by atoms with Crippen molar-refractivity contribution in [1.29, 1.82) is 0 Å². The van der Waals surface area contributed by atoms with Crippen LogP contribution in [0.1, 0.15) is 15.9 Å². The fraction of sp³-hybridized carbons (Fsp3) is 0. The molecule has 0 aliphatic carbocycles. The van der Waals surface area contributed by atoms with Crippen molar-refractivity contribution in [3.63, 3.8) is 0 Å². The maximum atomic E-state index is 12.3. The molecule has 0 N–H and O–H groups in total. The van der Waals surface area contributed by atoms with E-state index in [1.165, 1.54) is 6.08 Å². The van der Waals surface area contributed by atoms with Crippen molar-refractivity contribution in [3.05, 3.63) is 99.0 Å². The maximum absolute atomic E-state index is 12.3. The molecule has 25 heavy (non-hydrogen) atoms. The van der Waals surface area contributed by atoms with E-state index in [0.717, 1.165) is 16.7 Å². The monoisotopic (exact) mass is 386 g/mol. The number of hydrogen-bond acceptors (Lipinski definition) is 1. The van der Waals surface area contributed by atoms with E-state index in [1.54, 1.807) is 18.2 Å². The number of hydrogen-bond donors (Lipinski definition) is 0. The Morgan fingerprint density at radius 1 is 0.720 bits per heavy atom. The van der Waals surface area contributed by atoms with Gasteiger partial charge in [-0.25, -0.2) is 0 Å². The van der Waals surface area contributed by atoms with Gasteiger partial charge in [0.05, 0.1) is 15.1 Å². The van der Waals surface area contributed by atoms with Crippen molar-refractivity contribution < 1.29 is 4.79 Å². The lowest BCUT2D eigenvalue weighted by molar-refractivity contribution is 0.104. The molecular weight excluding hydrogens is 375 g/mol. The van der Waals surface area contributed by atoms with Crippen LogP contribution in [-0.2, 0) is 0 Å². The van der Waals surface area contributed by atoms with Crippen LogP contribution in [0.3, 0.4) is 0 Å². The van der Waals surface area contributed by atoms with Crippen LogP contribution in [0.15, 0.2) is 72.8 Å². The Kier molecular flexibility index (Phi) is 5.60. The van der Waals surface area contributed by atoms with Crippen LogP contribution in [0.5, 0.6) is 0 Å². The fourth-order valence-electron chi connectivity index (χ4n) is 2.40. The zero-order chi connectivity index (χ0) is 17.8. The summed E-state index contributed by atoms with van der Waals surface area (Å²) in [5.41, 5.74) is 3.52. The van der Waals surface area contributed by atoms with Crippen molar-refractivity contribution >= 4 is 46.7 Å². The second-order valence-electron chi connectivity index (χ2n) is 5.41. The summed E-state index contributed by atoms with van der Waals surface area (Å²) in [6.45, 7) is 0. The molecule has 0 saturated heterocycles. The third-order valence-electron chi connectivity index (χ3n) is 3.75. The highest BCUT2D eigenvalue weighted by Crippen LogP contribution is 2.33. The molecule has 0 aliphatic heterocycles. The Balaban J connectivity index is 1.78. The molecule has 0 aliphatic rings. The molecular formula is C21H13Cl3O. The molecule has 0 heterocycles. The van der Waals surface area contributed by atoms with Gasteiger partial charge in [-0.2, -0.15) is 0 Å². The summed E-state index contributed by atoms with van der Waals surface area (Å²) in [6, 6.07) is 21.2. The second kappa shape index (κ2) is 7.88. The quantitative estimate of drug-likeness (QED) is 0.262. The van der Waals surface area contributed by atoms with E-state index in [0.29, 0.717) is 10.6 Å². The van der Waals surface area contributed by atoms with Crippen LogP contribution in [0.4, 0.5) is 0 Å². The summed E-state index contributed by atoms with van der Waals surface area (Å²) in [6.07, 6.45) is 3.22. The van der Waals surface area contributed by atoms with Gasteiger partial charge in [-0.1, -0.05) is 95.5 Å². The zero-order valence-electron chi connectivity index (χ0n) is 13.0. The molecule has 0 atom stereocenters. The standard InChI is InChI=1S/C21H13Cl3O/c22-18-12-11-17(20(23)21(18)24)19(25)13-8-14-6-9-16(10-7-14)15-4-2-1-3-5-15/h1-13H/b13-8+. The number of allylic oxidation sites excluding steroid dienone is 1. The molecule has 3 aromatic rings. The third-order valence-corrected chi connectivity index (χ3v) is 5.04. The molecule has 0 radical (unpaired) electrons. The number of carbonyl (C=O) groups excluding carboxylic acids is 1. The summed E-state index contributed by atoms with van der Waals surface area (Å²) in [5, 5.41) is 0.682. The van der Waals surface area contributed by atoms with Crippen LogP contribution in [0.25, 0.3) is 17.2 Å². The minimum Gasteiger partial charge on any atom is -0.289 e. The second-order valence-corrected chi connectivity index (χ2v) is 6.57. The van der Waals surface area contributed by atoms with Crippen LogP contribution >= 0.6 is 34.8 Å². The van der Waals surface area contributed by atoms with Crippen molar-refractivity contribution in [2.75, 3.05) is 0 Å². The van der Waals surface area contributed by atoms with Gasteiger partial charge in [-0.15, -0.1) is 0 Å². The lowest BCUT2D eigenvalue weighted by Gasteiger charge is -2.04. The van der Waals surface area contributed by atoms with Gasteiger partial charge in [-0.05, 0) is 34.9 Å². The van der Waals surface area contributed by atoms with E-state index in [4.69, 9.17) is 34.8 Å². The highest BCUT2D eigenvalue weighted by atomic mass is 35.5. The molecule has 124 valence electrons. The first kappa shape index (κ1) is 17.8. The topological polar surface area (TPSA) is 17.1 Å². The van der Waals surface area contributed by atoms with Gasteiger partial charge in [-0.3, -0.25) is 4.79 Å². The molecule has 3 rings (SSSR count). The van der Waals surface area contributed by atoms with Crippen molar-refractivity contribution in [2.45, 2.75) is 0 Å². The van der Waals surface area contributed by atoms with Gasteiger partial charge < -0.3 is 0 Å². The van der Waals surface area contributed by atoms with Gasteiger partial charge in [0, 0.05) is 5.56 Å². The summed E-state index contributed by atoms with van der Waals surface area (Å²) in [4.78, 5) is 12.3. The van der Waals surface area contributed by atoms with Crippen LogP contribution in [0.2, 0.25) is 15.1 Å². The Hall–Kier alpha value is -2.06. The summed E-state index contributed by atoms with van der Waals surface area (Å²) in [5.74, 6) is -0.226. The van der Waals surface area contributed by atoms with Gasteiger partial charge in [0.25, 0.3) is 0 Å². The molecule has 4 heteroatoms. The summed E-state index contributed by atoms with van der Waals surface area (Å²) in [7, 11) is 0. The van der Waals surface area contributed by atoms with Crippen LogP contribution < -0.4 is 0 Å². The molecule has 0 aromatic heterocycles. The van der Waals surface area contributed by atoms with Gasteiger partial charge in [0.2, 0.25) is 0 Å². The zero-order valence-corrected chi connectivity index (χ0v) is 15.3. The predicted molar refractivity (Wildman–Crippen MR) is 107 cm³/mol. The van der Waals surface area contributed by atoms with Crippen LogP contribution in [-0.4, -0.2) is 5.78 Å². The minimum absolute atomic E-state index is 0.170. The fourth-order valence-corrected chi connectivity index (χ4v) is 3.02.